The molecular weight excluding hydrogens is 396 g/mol. The zero-order chi connectivity index (χ0) is 20.9. The fourth-order valence-electron chi connectivity index (χ4n) is 3.82. The van der Waals surface area contributed by atoms with Gasteiger partial charge in [0.05, 0.1) is 0 Å². The largest absolute Gasteiger partial charge is 0.546 e. The molecule has 1 N–H and O–H groups in total. The van der Waals surface area contributed by atoms with Crippen LogP contribution in [0.15, 0.2) is 71.1 Å². The lowest BCUT2D eigenvalue weighted by Crippen LogP contribution is -2.27. The van der Waals surface area contributed by atoms with Crippen LogP contribution in [-0.4, -0.2) is 17.9 Å². The molecule has 6 heteroatoms. The molecule has 0 spiro atoms. The lowest BCUT2D eigenvalue weighted by atomic mass is 9.91. The Morgan fingerprint density at radius 1 is 0.967 bits per heavy atom. The fourth-order valence-corrected chi connectivity index (χ4v) is 4.59. The highest BCUT2D eigenvalue weighted by Gasteiger charge is 2.19. The van der Waals surface area contributed by atoms with Gasteiger partial charge >= 0.3 is 0 Å². The molecule has 0 amide bonds. The topological polar surface area (TPSA) is 67.8 Å². The van der Waals surface area contributed by atoms with Gasteiger partial charge in [0.1, 0.15) is 5.75 Å². The third-order valence-electron chi connectivity index (χ3n) is 5.46. The number of Topliss-reactive ketones (excluding diaryl/α,β-unsaturated/α-hetero) is 1. The molecule has 1 saturated carbocycles. The standard InChI is InChI=1S/C24H25N2O3S/c1-17(27)18-7-8-20-16-23(10-9-19(20)15-18)25-21-11-13-22(14-12-21)26-30(28)29-24-5-3-2-4-6-24/h2-10,15-16,21-22,25H,11-14H2,1H3/q-1. The summed E-state index contributed by atoms with van der Waals surface area (Å²) in [5.41, 5.74) is 1.81. The summed E-state index contributed by atoms with van der Waals surface area (Å²) in [4.78, 5) is 11.6. The minimum atomic E-state index is -1.66. The lowest BCUT2D eigenvalue weighted by Gasteiger charge is -2.29. The highest BCUT2D eigenvalue weighted by atomic mass is 32.2. The third-order valence-corrected chi connectivity index (χ3v) is 6.27. The smallest absolute Gasteiger partial charge is 0.159 e. The van der Waals surface area contributed by atoms with Crippen molar-refractivity contribution in [3.05, 3.63) is 72.3 Å². The molecular formula is C24H25N2O3S-. The second kappa shape index (κ2) is 9.30. The maximum atomic E-state index is 12.1. The molecule has 1 aliphatic rings. The predicted octanol–water partition coefficient (Wildman–Crippen LogP) is 5.91. The summed E-state index contributed by atoms with van der Waals surface area (Å²) in [6, 6.07) is 21.6. The summed E-state index contributed by atoms with van der Waals surface area (Å²) in [6.07, 6.45) is 3.71. The van der Waals surface area contributed by atoms with E-state index in [-0.39, 0.29) is 11.8 Å². The molecule has 0 atom stereocenters. The first-order valence-electron chi connectivity index (χ1n) is 10.2. The van der Waals surface area contributed by atoms with E-state index in [9.17, 15) is 9.00 Å². The Labute approximate surface area is 178 Å². The molecule has 3 aromatic carbocycles. The van der Waals surface area contributed by atoms with E-state index in [1.807, 2.05) is 36.4 Å². The molecule has 156 valence electrons. The van der Waals surface area contributed by atoms with E-state index < -0.39 is 10.9 Å². The van der Waals surface area contributed by atoms with E-state index in [4.69, 9.17) is 4.18 Å². The molecule has 0 aliphatic heterocycles. The number of carbonyl (C=O) groups excluding carboxylic acids is 1. The number of fused-ring (bicyclic) bond motifs is 1. The molecule has 0 saturated heterocycles. The van der Waals surface area contributed by atoms with Crippen LogP contribution in [0, 0.1) is 0 Å². The molecule has 1 aliphatic carbocycles. The van der Waals surface area contributed by atoms with Gasteiger partial charge in [0.15, 0.2) is 5.78 Å². The van der Waals surface area contributed by atoms with Gasteiger partial charge in [-0.3, -0.25) is 4.79 Å². The molecule has 0 aromatic heterocycles. The number of ketones is 1. The monoisotopic (exact) mass is 421 g/mol. The number of para-hydroxylation sites is 1. The average molecular weight is 422 g/mol. The van der Waals surface area contributed by atoms with Gasteiger partial charge in [-0.1, -0.05) is 36.4 Å². The zero-order valence-electron chi connectivity index (χ0n) is 16.9. The fraction of sp³-hybridized carbons (Fsp3) is 0.292. The van der Waals surface area contributed by atoms with Crippen LogP contribution in [0.4, 0.5) is 5.69 Å². The summed E-state index contributed by atoms with van der Waals surface area (Å²) < 4.78 is 21.8. The average Bonchev–Trinajstić information content (AvgIpc) is 2.75. The van der Waals surface area contributed by atoms with Gasteiger partial charge in [0.2, 0.25) is 0 Å². The maximum Gasteiger partial charge on any atom is 0.159 e. The quantitative estimate of drug-likeness (QED) is 0.397. The number of nitrogens with one attached hydrogen (secondary N) is 1. The van der Waals surface area contributed by atoms with E-state index in [0.717, 1.165) is 47.7 Å². The Morgan fingerprint density at radius 3 is 2.40 bits per heavy atom. The first-order valence-corrected chi connectivity index (χ1v) is 11.3. The minimum Gasteiger partial charge on any atom is -0.546 e. The Bertz CT molecular complexity index is 1120. The second-order valence-electron chi connectivity index (χ2n) is 7.70. The number of benzene rings is 3. The van der Waals surface area contributed by atoms with E-state index in [1.165, 1.54) is 0 Å². The van der Waals surface area contributed by atoms with Crippen molar-refractivity contribution in [1.29, 1.82) is 0 Å². The summed E-state index contributed by atoms with van der Waals surface area (Å²) in [6.45, 7) is 1.59. The van der Waals surface area contributed by atoms with Crippen molar-refractivity contribution in [1.82, 2.24) is 0 Å². The van der Waals surface area contributed by atoms with Crippen molar-refractivity contribution in [3.8, 4) is 5.75 Å². The van der Waals surface area contributed by atoms with Crippen LogP contribution < -0.4 is 9.50 Å². The van der Waals surface area contributed by atoms with Crippen LogP contribution in [0.1, 0.15) is 43.0 Å². The molecule has 3 aromatic rings. The van der Waals surface area contributed by atoms with E-state index in [0.29, 0.717) is 11.8 Å². The Hall–Kier alpha value is -2.86. The van der Waals surface area contributed by atoms with Crippen LogP contribution in [0.5, 0.6) is 5.75 Å². The van der Waals surface area contributed by atoms with Crippen LogP contribution in [0.3, 0.4) is 0 Å². The molecule has 0 bridgehead atoms. The number of hydrogen-bond donors (Lipinski definition) is 1. The highest BCUT2D eigenvalue weighted by Crippen LogP contribution is 2.27. The number of anilines is 1. The number of nitrogens with zero attached hydrogens (tertiary/aromatic N) is 1. The van der Waals surface area contributed by atoms with Crippen LogP contribution in [0.25, 0.3) is 10.8 Å². The Kier molecular flexibility index (Phi) is 6.33. The molecule has 4 rings (SSSR count). The van der Waals surface area contributed by atoms with Crippen molar-refractivity contribution in [2.45, 2.75) is 44.7 Å². The number of hydrogen-bond acceptors (Lipinski definition) is 6. The van der Waals surface area contributed by atoms with E-state index in [2.05, 4.69) is 27.9 Å². The first kappa shape index (κ1) is 20.4. The van der Waals surface area contributed by atoms with Crippen LogP contribution in [-0.2, 0) is 15.1 Å². The summed E-state index contributed by atoms with van der Waals surface area (Å²) in [7, 11) is -1.66. The van der Waals surface area contributed by atoms with Crippen molar-refractivity contribution < 1.29 is 13.2 Å². The number of carbonyl (C=O) groups is 1. The summed E-state index contributed by atoms with van der Waals surface area (Å²) in [5, 5.41) is 5.79. The third kappa shape index (κ3) is 5.19. The molecule has 0 unspecified atom stereocenters. The highest BCUT2D eigenvalue weighted by molar-refractivity contribution is 7.70. The van der Waals surface area contributed by atoms with Crippen LogP contribution >= 0.6 is 0 Å². The molecule has 30 heavy (non-hydrogen) atoms. The lowest BCUT2D eigenvalue weighted by molar-refractivity contribution is 0.101. The van der Waals surface area contributed by atoms with Gasteiger partial charge in [-0.2, -0.15) is 0 Å². The molecule has 0 heterocycles. The van der Waals surface area contributed by atoms with Crippen molar-refractivity contribution >= 4 is 33.1 Å². The minimum absolute atomic E-state index is 0.0641. The molecule has 1 fully saturated rings. The van der Waals surface area contributed by atoms with Crippen molar-refractivity contribution in [2.75, 3.05) is 5.32 Å². The number of rotatable bonds is 6. The van der Waals surface area contributed by atoms with Gasteiger partial charge < -0.3 is 18.1 Å². The summed E-state index contributed by atoms with van der Waals surface area (Å²) >= 11 is 0. The zero-order valence-corrected chi connectivity index (χ0v) is 17.7. The van der Waals surface area contributed by atoms with Gasteiger partial charge in [-0.25, -0.2) is 0 Å². The van der Waals surface area contributed by atoms with E-state index >= 15 is 0 Å². The second-order valence-corrected chi connectivity index (χ2v) is 8.51. The first-order chi connectivity index (χ1) is 14.6. The molecule has 0 radical (unpaired) electrons. The predicted molar refractivity (Wildman–Crippen MR) is 121 cm³/mol. The van der Waals surface area contributed by atoms with Gasteiger partial charge in [-0.15, -0.1) is 0 Å². The van der Waals surface area contributed by atoms with Crippen molar-refractivity contribution in [2.24, 2.45) is 4.36 Å². The normalized spacial score (nSPS) is 20.0. The Morgan fingerprint density at radius 2 is 1.67 bits per heavy atom. The van der Waals surface area contributed by atoms with Crippen LogP contribution in [0.2, 0.25) is 0 Å². The molecule has 5 nitrogen and oxygen atoms in total. The SMILES string of the molecule is CC(=O)c1ccc2cc(NC3CCC(N=[S-](=O)Oc4ccccc4)CC3)ccc2c1. The van der Waals surface area contributed by atoms with Crippen molar-refractivity contribution in [3.63, 3.8) is 0 Å². The Balaban J connectivity index is 1.33. The van der Waals surface area contributed by atoms with Gasteiger partial charge in [0, 0.05) is 23.3 Å². The van der Waals surface area contributed by atoms with Gasteiger partial charge in [0.25, 0.3) is 0 Å². The van der Waals surface area contributed by atoms with E-state index in [1.54, 1.807) is 19.1 Å². The maximum absolute atomic E-state index is 12.1. The van der Waals surface area contributed by atoms with Gasteiger partial charge in [-0.05, 0) is 84.6 Å². The summed E-state index contributed by atoms with van der Waals surface area (Å²) in [5.74, 6) is 0.651.